The van der Waals surface area contributed by atoms with Gasteiger partial charge >= 0.3 is 0 Å². The summed E-state index contributed by atoms with van der Waals surface area (Å²) in [6.07, 6.45) is 1.16. The second kappa shape index (κ2) is 9.01. The Morgan fingerprint density at radius 2 is 1.82 bits per heavy atom. The van der Waals surface area contributed by atoms with Crippen LogP contribution in [0.15, 0.2) is 18.2 Å². The summed E-state index contributed by atoms with van der Waals surface area (Å²) in [5, 5.41) is 3.78. The molecule has 0 radical (unpaired) electrons. The number of hydrogen-bond acceptors (Lipinski definition) is 2. The average Bonchev–Trinajstić information content (AvgIpc) is 2.51. The van der Waals surface area contributed by atoms with Crippen LogP contribution in [0.4, 0.5) is 0 Å². The second-order valence-corrected chi connectivity index (χ2v) is 5.86. The van der Waals surface area contributed by atoms with Gasteiger partial charge in [-0.25, -0.2) is 0 Å². The Morgan fingerprint density at radius 3 is 2.32 bits per heavy atom. The summed E-state index contributed by atoms with van der Waals surface area (Å²) < 4.78 is 0. The highest BCUT2D eigenvalue weighted by atomic mass is 35.5. The summed E-state index contributed by atoms with van der Waals surface area (Å²) in [5.41, 5.74) is 0.655. The number of rotatable bonds is 7. The number of amides is 2. The summed E-state index contributed by atoms with van der Waals surface area (Å²) in [5.74, 6) is -0.290. The van der Waals surface area contributed by atoms with E-state index in [2.05, 4.69) is 5.32 Å². The fourth-order valence-corrected chi connectivity index (χ4v) is 2.55. The van der Waals surface area contributed by atoms with Gasteiger partial charge in [0.05, 0.1) is 0 Å². The molecule has 0 spiro atoms. The lowest BCUT2D eigenvalue weighted by Gasteiger charge is -2.29. The third-order valence-corrected chi connectivity index (χ3v) is 4.12. The summed E-state index contributed by atoms with van der Waals surface area (Å²) in [4.78, 5) is 25.9. The lowest BCUT2D eigenvalue weighted by atomic mass is 10.1. The maximum atomic E-state index is 12.2. The smallest absolute Gasteiger partial charge is 0.242 e. The monoisotopic (exact) mass is 344 g/mol. The zero-order valence-corrected chi connectivity index (χ0v) is 14.7. The number of carbonyl (C=O) groups excluding carboxylic acids is 2. The Bertz CT molecular complexity index is 515. The summed E-state index contributed by atoms with van der Waals surface area (Å²) in [6.45, 7) is 6.25. The van der Waals surface area contributed by atoms with Crippen LogP contribution in [0.3, 0.4) is 0 Å². The van der Waals surface area contributed by atoms with E-state index in [1.165, 1.54) is 4.90 Å². The average molecular weight is 345 g/mol. The van der Waals surface area contributed by atoms with Crippen molar-refractivity contribution < 1.29 is 9.59 Å². The van der Waals surface area contributed by atoms with Crippen LogP contribution >= 0.6 is 23.2 Å². The molecule has 0 heterocycles. The predicted octanol–water partition coefficient (Wildman–Crippen LogP) is 3.65. The first kappa shape index (κ1) is 18.8. The van der Waals surface area contributed by atoms with Crippen molar-refractivity contribution in [2.24, 2.45) is 0 Å². The number of nitrogens with zero attached hydrogens (tertiary/aromatic N) is 1. The van der Waals surface area contributed by atoms with Crippen LogP contribution in [-0.4, -0.2) is 29.3 Å². The maximum Gasteiger partial charge on any atom is 0.242 e. The molecule has 1 aromatic carbocycles. The molecule has 0 aliphatic rings. The minimum absolute atomic E-state index is 0.116. The molecule has 0 aliphatic carbocycles. The van der Waals surface area contributed by atoms with Gasteiger partial charge in [-0.15, -0.1) is 0 Å². The van der Waals surface area contributed by atoms with Crippen molar-refractivity contribution in [3.05, 3.63) is 33.8 Å². The second-order valence-electron chi connectivity index (χ2n) is 5.04. The van der Waals surface area contributed by atoms with Crippen molar-refractivity contribution in [2.75, 3.05) is 6.54 Å². The Balaban J connectivity index is 2.99. The number of hydrogen-bond donors (Lipinski definition) is 1. The van der Waals surface area contributed by atoms with E-state index in [-0.39, 0.29) is 18.4 Å². The quantitative estimate of drug-likeness (QED) is 0.820. The van der Waals surface area contributed by atoms with E-state index < -0.39 is 6.04 Å². The first-order valence-corrected chi connectivity index (χ1v) is 8.18. The molecular formula is C16H22Cl2N2O2. The molecule has 6 heteroatoms. The first-order valence-electron chi connectivity index (χ1n) is 7.42. The van der Waals surface area contributed by atoms with E-state index in [0.717, 1.165) is 6.42 Å². The largest absolute Gasteiger partial charge is 0.354 e. The van der Waals surface area contributed by atoms with Crippen molar-refractivity contribution in [2.45, 2.75) is 46.2 Å². The highest BCUT2D eigenvalue weighted by Crippen LogP contribution is 2.26. The molecule has 4 nitrogen and oxygen atoms in total. The topological polar surface area (TPSA) is 49.4 Å². The molecule has 0 saturated heterocycles. The molecular weight excluding hydrogens is 323 g/mol. The van der Waals surface area contributed by atoms with Crippen LogP contribution < -0.4 is 5.32 Å². The third-order valence-electron chi connectivity index (χ3n) is 3.41. The van der Waals surface area contributed by atoms with Gasteiger partial charge < -0.3 is 10.2 Å². The summed E-state index contributed by atoms with van der Waals surface area (Å²) >= 11 is 12.3. The lowest BCUT2D eigenvalue weighted by molar-refractivity contribution is -0.140. The van der Waals surface area contributed by atoms with Gasteiger partial charge in [0.1, 0.15) is 6.04 Å². The van der Waals surface area contributed by atoms with Crippen molar-refractivity contribution in [3.8, 4) is 0 Å². The van der Waals surface area contributed by atoms with Gasteiger partial charge in [-0.3, -0.25) is 9.59 Å². The molecule has 0 saturated carbocycles. The van der Waals surface area contributed by atoms with Gasteiger partial charge in [0.2, 0.25) is 11.8 Å². The van der Waals surface area contributed by atoms with Crippen molar-refractivity contribution in [3.63, 3.8) is 0 Å². The van der Waals surface area contributed by atoms with E-state index in [0.29, 0.717) is 28.6 Å². The predicted molar refractivity (Wildman–Crippen MR) is 90.1 cm³/mol. The zero-order valence-electron chi connectivity index (χ0n) is 13.2. The molecule has 0 aromatic heterocycles. The van der Waals surface area contributed by atoms with Gasteiger partial charge in [-0.1, -0.05) is 43.1 Å². The molecule has 122 valence electrons. The first-order chi connectivity index (χ1) is 10.4. The van der Waals surface area contributed by atoms with E-state index in [1.807, 2.05) is 6.92 Å². The Kier molecular flexibility index (Phi) is 7.69. The van der Waals surface area contributed by atoms with Crippen LogP contribution in [0.2, 0.25) is 10.0 Å². The number of halogens is 2. The molecule has 0 bridgehead atoms. The number of benzene rings is 1. The van der Waals surface area contributed by atoms with E-state index in [4.69, 9.17) is 23.2 Å². The fourth-order valence-electron chi connectivity index (χ4n) is 2.04. The number of nitrogens with one attached hydrogen (secondary N) is 1. The molecule has 1 atom stereocenters. The zero-order chi connectivity index (χ0) is 16.7. The van der Waals surface area contributed by atoms with Crippen molar-refractivity contribution >= 4 is 35.0 Å². The minimum Gasteiger partial charge on any atom is -0.354 e. The van der Waals surface area contributed by atoms with E-state index >= 15 is 0 Å². The summed E-state index contributed by atoms with van der Waals surface area (Å²) in [6, 6.07) is 4.61. The van der Waals surface area contributed by atoms with Crippen LogP contribution in [0, 0.1) is 0 Å². The van der Waals surface area contributed by atoms with E-state index in [1.54, 1.807) is 32.0 Å². The summed E-state index contributed by atoms with van der Waals surface area (Å²) in [7, 11) is 0. The van der Waals surface area contributed by atoms with Crippen LogP contribution in [0.25, 0.3) is 0 Å². The standard InChI is InChI=1S/C16H22Cl2N2O2/c1-4-9-19-16(22)11(3)20(15(21)5-2)10-12-13(17)7-6-8-14(12)18/h6-8,11H,4-5,9-10H2,1-3H3,(H,19,22)/t11-/m1/s1. The van der Waals surface area contributed by atoms with Crippen LogP contribution in [-0.2, 0) is 16.1 Å². The van der Waals surface area contributed by atoms with Gasteiger partial charge in [0.15, 0.2) is 0 Å². The molecule has 0 fully saturated rings. The normalized spacial score (nSPS) is 11.9. The molecule has 1 N–H and O–H groups in total. The van der Waals surface area contributed by atoms with Crippen molar-refractivity contribution in [1.29, 1.82) is 0 Å². The van der Waals surface area contributed by atoms with Crippen LogP contribution in [0.1, 0.15) is 39.2 Å². The minimum atomic E-state index is -0.577. The van der Waals surface area contributed by atoms with E-state index in [9.17, 15) is 9.59 Å². The molecule has 2 amide bonds. The highest BCUT2D eigenvalue weighted by molar-refractivity contribution is 6.36. The van der Waals surface area contributed by atoms with Crippen molar-refractivity contribution in [1.82, 2.24) is 10.2 Å². The molecule has 0 unspecified atom stereocenters. The van der Waals surface area contributed by atoms with Gasteiger partial charge in [0, 0.05) is 35.1 Å². The molecule has 1 rings (SSSR count). The Hall–Kier alpha value is -1.26. The highest BCUT2D eigenvalue weighted by Gasteiger charge is 2.26. The fraction of sp³-hybridized carbons (Fsp3) is 0.500. The SMILES string of the molecule is CCCNC(=O)[C@@H](C)N(Cc1c(Cl)cccc1Cl)C(=O)CC. The van der Waals surface area contributed by atoms with Gasteiger partial charge in [-0.2, -0.15) is 0 Å². The van der Waals surface area contributed by atoms with Crippen LogP contribution in [0.5, 0.6) is 0 Å². The molecule has 22 heavy (non-hydrogen) atoms. The third kappa shape index (κ3) is 4.89. The Labute approximate surface area is 141 Å². The van der Waals surface area contributed by atoms with Gasteiger partial charge in [0.25, 0.3) is 0 Å². The molecule has 1 aromatic rings. The molecule has 0 aliphatic heterocycles. The lowest BCUT2D eigenvalue weighted by Crippen LogP contribution is -2.47. The van der Waals surface area contributed by atoms with Gasteiger partial charge in [-0.05, 0) is 25.5 Å². The Morgan fingerprint density at radius 1 is 1.23 bits per heavy atom. The number of carbonyl (C=O) groups is 2. The maximum absolute atomic E-state index is 12.2.